The van der Waals surface area contributed by atoms with Gasteiger partial charge in [-0.15, -0.1) is 0 Å². The molecule has 1 aliphatic carbocycles. The third kappa shape index (κ3) is 2.99. The standard InChI is InChI=1S/C16H19F2NO2/c17-11-4-3-5-12(18)16(11)14(20)10-19-8-9-21-15-7-2-1-6-13(15)19/h3-5,13,15H,1-2,6-10H2. The van der Waals surface area contributed by atoms with Crippen molar-refractivity contribution in [2.75, 3.05) is 19.7 Å². The lowest BCUT2D eigenvalue weighted by Crippen LogP contribution is -2.54. The van der Waals surface area contributed by atoms with Crippen molar-refractivity contribution in [2.24, 2.45) is 0 Å². The van der Waals surface area contributed by atoms with Crippen LogP contribution in [-0.4, -0.2) is 42.5 Å². The van der Waals surface area contributed by atoms with E-state index in [1.54, 1.807) is 0 Å². The molecule has 2 unspecified atom stereocenters. The Balaban J connectivity index is 1.74. The molecule has 2 fully saturated rings. The van der Waals surface area contributed by atoms with Gasteiger partial charge in [0.1, 0.15) is 11.6 Å². The predicted molar refractivity (Wildman–Crippen MR) is 74.3 cm³/mol. The van der Waals surface area contributed by atoms with Gasteiger partial charge in [-0.05, 0) is 25.0 Å². The molecule has 2 aliphatic rings. The van der Waals surface area contributed by atoms with Crippen LogP contribution in [0.3, 0.4) is 0 Å². The van der Waals surface area contributed by atoms with Crippen molar-refractivity contribution in [1.29, 1.82) is 0 Å². The van der Waals surface area contributed by atoms with E-state index < -0.39 is 23.0 Å². The maximum Gasteiger partial charge on any atom is 0.182 e. The fourth-order valence-corrected chi connectivity index (χ4v) is 3.40. The van der Waals surface area contributed by atoms with Crippen LogP contribution in [0.4, 0.5) is 8.78 Å². The molecule has 3 nitrogen and oxygen atoms in total. The molecule has 0 aromatic heterocycles. The number of hydrogen-bond donors (Lipinski definition) is 0. The monoisotopic (exact) mass is 295 g/mol. The quantitative estimate of drug-likeness (QED) is 0.803. The summed E-state index contributed by atoms with van der Waals surface area (Å²) in [6, 6.07) is 3.72. The Morgan fingerprint density at radius 3 is 2.71 bits per heavy atom. The minimum atomic E-state index is -0.784. The first-order chi connectivity index (χ1) is 10.2. The van der Waals surface area contributed by atoms with Crippen LogP contribution in [-0.2, 0) is 4.74 Å². The molecule has 3 rings (SSSR count). The third-order valence-corrected chi connectivity index (χ3v) is 4.44. The van der Waals surface area contributed by atoms with Crippen LogP contribution in [0.1, 0.15) is 36.0 Å². The summed E-state index contributed by atoms with van der Waals surface area (Å²) in [4.78, 5) is 14.3. The van der Waals surface area contributed by atoms with E-state index in [0.717, 1.165) is 37.8 Å². The molecule has 21 heavy (non-hydrogen) atoms. The normalized spacial score (nSPS) is 26.4. The molecular formula is C16H19F2NO2. The summed E-state index contributed by atoms with van der Waals surface area (Å²) in [5, 5.41) is 0. The minimum absolute atomic E-state index is 0.0579. The first kappa shape index (κ1) is 14.6. The smallest absolute Gasteiger partial charge is 0.182 e. The molecule has 0 bridgehead atoms. The number of halogens is 2. The number of hydrogen-bond acceptors (Lipinski definition) is 3. The fourth-order valence-electron chi connectivity index (χ4n) is 3.40. The first-order valence-corrected chi connectivity index (χ1v) is 7.49. The highest BCUT2D eigenvalue weighted by Gasteiger charge is 2.35. The Morgan fingerprint density at radius 1 is 1.24 bits per heavy atom. The van der Waals surface area contributed by atoms with Crippen LogP contribution in [0.2, 0.25) is 0 Å². The summed E-state index contributed by atoms with van der Waals surface area (Å²) in [6.07, 6.45) is 4.40. The number of benzene rings is 1. The molecule has 5 heteroatoms. The van der Waals surface area contributed by atoms with E-state index in [4.69, 9.17) is 4.74 Å². The molecular weight excluding hydrogens is 276 g/mol. The number of rotatable bonds is 3. The van der Waals surface area contributed by atoms with E-state index in [9.17, 15) is 13.6 Å². The SMILES string of the molecule is O=C(CN1CCOC2CCCCC21)c1c(F)cccc1F. The van der Waals surface area contributed by atoms with Crippen molar-refractivity contribution in [1.82, 2.24) is 4.90 Å². The van der Waals surface area contributed by atoms with Gasteiger partial charge in [0.25, 0.3) is 0 Å². The van der Waals surface area contributed by atoms with Gasteiger partial charge in [-0.25, -0.2) is 8.78 Å². The Kier molecular flexibility index (Phi) is 4.31. The lowest BCUT2D eigenvalue weighted by molar-refractivity contribution is -0.0846. The van der Waals surface area contributed by atoms with Crippen LogP contribution in [0, 0.1) is 11.6 Å². The minimum Gasteiger partial charge on any atom is -0.375 e. The fraction of sp³-hybridized carbons (Fsp3) is 0.562. The van der Waals surface area contributed by atoms with Crippen LogP contribution < -0.4 is 0 Å². The summed E-state index contributed by atoms with van der Waals surface area (Å²) < 4.78 is 33.1. The van der Waals surface area contributed by atoms with Crippen molar-refractivity contribution in [2.45, 2.75) is 37.8 Å². The Morgan fingerprint density at radius 2 is 1.95 bits per heavy atom. The second-order valence-corrected chi connectivity index (χ2v) is 5.75. The molecule has 0 amide bonds. The Labute approximate surface area is 122 Å². The number of ether oxygens (including phenoxy) is 1. The van der Waals surface area contributed by atoms with Gasteiger partial charge >= 0.3 is 0 Å². The maximum atomic E-state index is 13.7. The van der Waals surface area contributed by atoms with Gasteiger partial charge in [0.2, 0.25) is 0 Å². The van der Waals surface area contributed by atoms with Crippen LogP contribution in [0.15, 0.2) is 18.2 Å². The maximum absolute atomic E-state index is 13.7. The molecule has 114 valence electrons. The van der Waals surface area contributed by atoms with Gasteiger partial charge in [0, 0.05) is 12.6 Å². The average molecular weight is 295 g/mol. The van der Waals surface area contributed by atoms with Gasteiger partial charge in [-0.1, -0.05) is 18.9 Å². The predicted octanol–water partition coefficient (Wildman–Crippen LogP) is 2.79. The zero-order valence-electron chi connectivity index (χ0n) is 11.9. The molecule has 1 saturated heterocycles. The molecule has 1 aliphatic heterocycles. The third-order valence-electron chi connectivity index (χ3n) is 4.44. The van der Waals surface area contributed by atoms with Crippen molar-refractivity contribution >= 4 is 5.78 Å². The number of fused-ring (bicyclic) bond motifs is 1. The summed E-state index contributed by atoms with van der Waals surface area (Å²) >= 11 is 0. The number of carbonyl (C=O) groups excluding carboxylic acids is 1. The van der Waals surface area contributed by atoms with Crippen LogP contribution in [0.5, 0.6) is 0 Å². The average Bonchev–Trinajstić information content (AvgIpc) is 2.47. The number of carbonyl (C=O) groups is 1. The van der Waals surface area contributed by atoms with E-state index >= 15 is 0 Å². The second-order valence-electron chi connectivity index (χ2n) is 5.75. The largest absolute Gasteiger partial charge is 0.375 e. The highest BCUT2D eigenvalue weighted by atomic mass is 19.1. The van der Waals surface area contributed by atoms with Crippen molar-refractivity contribution in [3.8, 4) is 0 Å². The van der Waals surface area contributed by atoms with Crippen LogP contribution >= 0.6 is 0 Å². The first-order valence-electron chi connectivity index (χ1n) is 7.49. The van der Waals surface area contributed by atoms with E-state index in [1.807, 2.05) is 4.90 Å². The highest BCUT2D eigenvalue weighted by molar-refractivity contribution is 5.98. The topological polar surface area (TPSA) is 29.5 Å². The number of Topliss-reactive ketones (excluding diaryl/α,β-unsaturated/α-hetero) is 1. The summed E-state index contributed by atoms with van der Waals surface area (Å²) in [7, 11) is 0. The zero-order valence-corrected chi connectivity index (χ0v) is 11.9. The van der Waals surface area contributed by atoms with Gasteiger partial charge in [0.05, 0.1) is 24.8 Å². The Bertz CT molecular complexity index is 513. The molecule has 2 atom stereocenters. The number of ketones is 1. The summed E-state index contributed by atoms with van der Waals surface area (Å²) in [5.74, 6) is -2.06. The van der Waals surface area contributed by atoms with E-state index in [1.165, 1.54) is 6.07 Å². The van der Waals surface area contributed by atoms with Crippen LogP contribution in [0.25, 0.3) is 0 Å². The number of nitrogens with zero attached hydrogens (tertiary/aromatic N) is 1. The Hall–Kier alpha value is -1.33. The lowest BCUT2D eigenvalue weighted by Gasteiger charge is -2.43. The van der Waals surface area contributed by atoms with E-state index in [0.29, 0.717) is 13.2 Å². The van der Waals surface area contributed by atoms with Gasteiger partial charge in [-0.2, -0.15) is 0 Å². The van der Waals surface area contributed by atoms with Crippen molar-refractivity contribution in [3.05, 3.63) is 35.4 Å². The lowest BCUT2D eigenvalue weighted by atomic mass is 9.90. The van der Waals surface area contributed by atoms with Gasteiger partial charge in [0.15, 0.2) is 5.78 Å². The van der Waals surface area contributed by atoms with Gasteiger partial charge in [-0.3, -0.25) is 9.69 Å². The summed E-state index contributed by atoms with van der Waals surface area (Å²) in [5.41, 5.74) is -0.420. The zero-order chi connectivity index (χ0) is 14.8. The molecule has 1 aromatic rings. The molecule has 0 N–H and O–H groups in total. The second kappa shape index (κ2) is 6.20. The van der Waals surface area contributed by atoms with Crippen molar-refractivity contribution < 1.29 is 18.3 Å². The van der Waals surface area contributed by atoms with E-state index in [-0.39, 0.29) is 18.7 Å². The van der Waals surface area contributed by atoms with E-state index in [2.05, 4.69) is 0 Å². The molecule has 1 heterocycles. The summed E-state index contributed by atoms with van der Waals surface area (Å²) in [6.45, 7) is 1.28. The van der Waals surface area contributed by atoms with Gasteiger partial charge < -0.3 is 4.74 Å². The molecule has 0 spiro atoms. The highest BCUT2D eigenvalue weighted by Crippen LogP contribution is 2.28. The molecule has 1 aromatic carbocycles. The molecule has 0 radical (unpaired) electrons. The molecule has 1 saturated carbocycles. The number of morpholine rings is 1. The van der Waals surface area contributed by atoms with Crippen molar-refractivity contribution in [3.63, 3.8) is 0 Å².